The molecule has 0 aliphatic carbocycles. The third-order valence-electron chi connectivity index (χ3n) is 2.84. The summed E-state index contributed by atoms with van der Waals surface area (Å²) < 4.78 is 0. The first-order valence-corrected chi connectivity index (χ1v) is 7.69. The fourth-order valence-corrected chi connectivity index (χ4v) is 3.57. The van der Waals surface area contributed by atoms with Crippen LogP contribution in [0.5, 0.6) is 0 Å². The van der Waals surface area contributed by atoms with Crippen LogP contribution in [0.25, 0.3) is 0 Å². The van der Waals surface area contributed by atoms with E-state index in [9.17, 15) is 0 Å². The second-order valence-electron chi connectivity index (χ2n) is 4.27. The van der Waals surface area contributed by atoms with Gasteiger partial charge in [-0.15, -0.1) is 22.7 Å². The van der Waals surface area contributed by atoms with E-state index in [2.05, 4.69) is 50.4 Å². The van der Waals surface area contributed by atoms with Crippen LogP contribution in [0.4, 0.5) is 0 Å². The van der Waals surface area contributed by atoms with Gasteiger partial charge in [-0.3, -0.25) is 0 Å². The Kier molecular flexibility index (Phi) is 4.37. The molecule has 1 unspecified atom stereocenters. The summed E-state index contributed by atoms with van der Waals surface area (Å²) in [7, 11) is 0. The average Bonchev–Trinajstić information content (AvgIpc) is 2.94. The van der Waals surface area contributed by atoms with Crippen molar-refractivity contribution in [3.8, 4) is 0 Å². The van der Waals surface area contributed by atoms with Crippen LogP contribution < -0.4 is 5.32 Å². The molecule has 2 heterocycles. The molecule has 0 amide bonds. The average molecular weight is 265 g/mol. The van der Waals surface area contributed by atoms with Gasteiger partial charge in [0.05, 0.1) is 0 Å². The van der Waals surface area contributed by atoms with Crippen LogP contribution in [-0.4, -0.2) is 0 Å². The zero-order valence-electron chi connectivity index (χ0n) is 10.6. The highest BCUT2D eigenvalue weighted by molar-refractivity contribution is 7.12. The van der Waals surface area contributed by atoms with Crippen LogP contribution in [0.15, 0.2) is 24.3 Å². The summed E-state index contributed by atoms with van der Waals surface area (Å²) in [5.41, 5.74) is 0. The molecule has 0 aliphatic rings. The standard InChI is InChI=1S/C14H19NS2/c1-4-12-7-8-14(17-12)11(3)15-9-13-6-5-10(2)16-13/h5-8,11,15H,4,9H2,1-3H3. The number of rotatable bonds is 5. The van der Waals surface area contributed by atoms with Crippen LogP contribution in [0.3, 0.4) is 0 Å². The zero-order valence-corrected chi connectivity index (χ0v) is 12.3. The van der Waals surface area contributed by atoms with E-state index >= 15 is 0 Å². The second-order valence-corrected chi connectivity index (χ2v) is 6.84. The van der Waals surface area contributed by atoms with Crippen molar-refractivity contribution in [2.75, 3.05) is 0 Å². The number of aryl methyl sites for hydroxylation is 2. The van der Waals surface area contributed by atoms with Gasteiger partial charge in [0, 0.05) is 32.1 Å². The summed E-state index contributed by atoms with van der Waals surface area (Å²) in [6.45, 7) is 7.58. The highest BCUT2D eigenvalue weighted by atomic mass is 32.1. The monoisotopic (exact) mass is 265 g/mol. The molecule has 2 aromatic heterocycles. The Balaban J connectivity index is 1.90. The van der Waals surface area contributed by atoms with Gasteiger partial charge in [-0.25, -0.2) is 0 Å². The molecule has 17 heavy (non-hydrogen) atoms. The lowest BCUT2D eigenvalue weighted by molar-refractivity contribution is 0.587. The summed E-state index contributed by atoms with van der Waals surface area (Å²) in [4.78, 5) is 5.72. The van der Waals surface area contributed by atoms with Crippen LogP contribution >= 0.6 is 22.7 Å². The smallest absolute Gasteiger partial charge is 0.0389 e. The van der Waals surface area contributed by atoms with Gasteiger partial charge >= 0.3 is 0 Å². The van der Waals surface area contributed by atoms with E-state index in [1.165, 1.54) is 19.5 Å². The Bertz CT molecular complexity index is 470. The molecule has 0 aliphatic heterocycles. The molecule has 1 nitrogen and oxygen atoms in total. The van der Waals surface area contributed by atoms with Crippen LogP contribution in [0.2, 0.25) is 0 Å². The Labute approximate surface area is 112 Å². The normalized spacial score (nSPS) is 12.9. The van der Waals surface area contributed by atoms with Crippen molar-refractivity contribution in [2.45, 2.75) is 39.8 Å². The minimum atomic E-state index is 0.447. The summed E-state index contributed by atoms with van der Waals surface area (Å²) in [6.07, 6.45) is 1.14. The molecule has 0 spiro atoms. The molecule has 3 heteroatoms. The van der Waals surface area contributed by atoms with Crippen molar-refractivity contribution in [3.05, 3.63) is 43.8 Å². The summed E-state index contributed by atoms with van der Waals surface area (Å²) >= 11 is 3.80. The van der Waals surface area contributed by atoms with Crippen LogP contribution in [0.1, 0.15) is 39.4 Å². The Morgan fingerprint density at radius 2 is 1.88 bits per heavy atom. The zero-order chi connectivity index (χ0) is 12.3. The fraction of sp³-hybridized carbons (Fsp3) is 0.429. The topological polar surface area (TPSA) is 12.0 Å². The van der Waals surface area contributed by atoms with E-state index in [-0.39, 0.29) is 0 Å². The fourth-order valence-electron chi connectivity index (χ4n) is 1.75. The predicted molar refractivity (Wildman–Crippen MR) is 78.0 cm³/mol. The van der Waals surface area contributed by atoms with Crippen LogP contribution in [0, 0.1) is 6.92 Å². The van der Waals surface area contributed by atoms with Crippen LogP contribution in [-0.2, 0) is 13.0 Å². The second kappa shape index (κ2) is 5.80. The minimum absolute atomic E-state index is 0.447. The molecule has 0 fully saturated rings. The number of hydrogen-bond acceptors (Lipinski definition) is 3. The Hall–Kier alpha value is -0.640. The third kappa shape index (κ3) is 3.41. The van der Waals surface area contributed by atoms with Crippen molar-refractivity contribution >= 4 is 22.7 Å². The SMILES string of the molecule is CCc1ccc(C(C)NCc2ccc(C)s2)s1. The Morgan fingerprint density at radius 3 is 2.47 bits per heavy atom. The van der Waals surface area contributed by atoms with Gasteiger partial charge in [0.2, 0.25) is 0 Å². The first kappa shape index (κ1) is 12.8. The molecule has 0 radical (unpaired) electrons. The van der Waals surface area contributed by atoms with Gasteiger partial charge in [0.25, 0.3) is 0 Å². The first-order chi connectivity index (χ1) is 8.19. The number of thiophene rings is 2. The highest BCUT2D eigenvalue weighted by Crippen LogP contribution is 2.24. The maximum Gasteiger partial charge on any atom is 0.0389 e. The molecule has 0 bridgehead atoms. The molecule has 0 aromatic carbocycles. The van der Waals surface area contributed by atoms with E-state index in [0.717, 1.165) is 13.0 Å². The van der Waals surface area contributed by atoms with Crippen molar-refractivity contribution in [3.63, 3.8) is 0 Å². The molecule has 92 valence electrons. The van der Waals surface area contributed by atoms with Crippen molar-refractivity contribution in [2.24, 2.45) is 0 Å². The lowest BCUT2D eigenvalue weighted by Crippen LogP contribution is -2.16. The van der Waals surface area contributed by atoms with Gasteiger partial charge < -0.3 is 5.32 Å². The van der Waals surface area contributed by atoms with Gasteiger partial charge in [-0.1, -0.05) is 6.92 Å². The van der Waals surface area contributed by atoms with Crippen molar-refractivity contribution < 1.29 is 0 Å². The largest absolute Gasteiger partial charge is 0.305 e. The summed E-state index contributed by atoms with van der Waals surface area (Å²) in [5, 5.41) is 3.59. The predicted octanol–water partition coefficient (Wildman–Crippen LogP) is 4.53. The molecule has 1 atom stereocenters. The van der Waals surface area contributed by atoms with E-state index in [0.29, 0.717) is 6.04 Å². The molecule has 1 N–H and O–H groups in total. The number of nitrogens with one attached hydrogen (secondary N) is 1. The summed E-state index contributed by atoms with van der Waals surface area (Å²) in [6, 6.07) is 9.34. The number of hydrogen-bond donors (Lipinski definition) is 1. The van der Waals surface area contributed by atoms with Crippen molar-refractivity contribution in [1.82, 2.24) is 5.32 Å². The quantitative estimate of drug-likeness (QED) is 0.837. The van der Waals surface area contributed by atoms with Gasteiger partial charge in [0.15, 0.2) is 0 Å². The third-order valence-corrected chi connectivity index (χ3v) is 5.25. The minimum Gasteiger partial charge on any atom is -0.305 e. The lowest BCUT2D eigenvalue weighted by atomic mass is 10.2. The van der Waals surface area contributed by atoms with Crippen molar-refractivity contribution in [1.29, 1.82) is 0 Å². The van der Waals surface area contributed by atoms with E-state index in [4.69, 9.17) is 0 Å². The molecule has 0 saturated heterocycles. The Morgan fingerprint density at radius 1 is 1.12 bits per heavy atom. The molecule has 0 saturated carbocycles. The highest BCUT2D eigenvalue weighted by Gasteiger charge is 2.08. The molecular weight excluding hydrogens is 246 g/mol. The maximum atomic E-state index is 3.59. The lowest BCUT2D eigenvalue weighted by Gasteiger charge is -2.10. The van der Waals surface area contributed by atoms with Gasteiger partial charge in [-0.2, -0.15) is 0 Å². The summed E-state index contributed by atoms with van der Waals surface area (Å²) in [5.74, 6) is 0. The maximum absolute atomic E-state index is 3.59. The first-order valence-electron chi connectivity index (χ1n) is 6.06. The van der Waals surface area contributed by atoms with Gasteiger partial charge in [0.1, 0.15) is 0 Å². The molecule has 2 aromatic rings. The van der Waals surface area contributed by atoms with E-state index in [1.54, 1.807) is 0 Å². The van der Waals surface area contributed by atoms with Gasteiger partial charge in [-0.05, 0) is 44.5 Å². The van der Waals surface area contributed by atoms with E-state index < -0.39 is 0 Å². The molecule has 2 rings (SSSR count). The molecular formula is C14H19NS2. The van der Waals surface area contributed by atoms with E-state index in [1.807, 2.05) is 22.7 Å².